The Kier molecular flexibility index (Phi) is 5.45. The Hall–Kier alpha value is -1.29. The largest absolute Gasteiger partial charge is 0.319 e. The Morgan fingerprint density at radius 2 is 2.19 bits per heavy atom. The summed E-state index contributed by atoms with van der Waals surface area (Å²) in [5.74, 6) is 0.605. The molecule has 2 N–H and O–H groups in total. The highest BCUT2D eigenvalue weighted by Crippen LogP contribution is 2.21. The second-order valence-electron chi connectivity index (χ2n) is 4.43. The van der Waals surface area contributed by atoms with E-state index in [0.29, 0.717) is 16.6 Å². The molecule has 0 radical (unpaired) electrons. The summed E-state index contributed by atoms with van der Waals surface area (Å²) in [5.41, 5.74) is 0. The number of thiophene rings is 1. The standard InChI is InChI=1S/C12H19N5O2S2/c1-3-17-9-14-16-11(17)8-15-21(18,19)12-5-4-10(20-12)6-7-13-2/h4-5,9,13,15H,3,6-8H2,1-2H3. The molecule has 0 atom stereocenters. The first-order chi connectivity index (χ1) is 10.1. The molecule has 7 nitrogen and oxygen atoms in total. The fraction of sp³-hybridized carbons (Fsp3) is 0.500. The van der Waals surface area contributed by atoms with Crippen LogP contribution in [0.3, 0.4) is 0 Å². The maximum Gasteiger partial charge on any atom is 0.250 e. The van der Waals surface area contributed by atoms with Gasteiger partial charge in [0, 0.05) is 11.4 Å². The van der Waals surface area contributed by atoms with Gasteiger partial charge in [-0.25, -0.2) is 13.1 Å². The Balaban J connectivity index is 2.03. The Morgan fingerprint density at radius 1 is 1.38 bits per heavy atom. The maximum atomic E-state index is 12.2. The molecule has 0 saturated carbocycles. The van der Waals surface area contributed by atoms with Gasteiger partial charge in [-0.3, -0.25) is 0 Å². The van der Waals surface area contributed by atoms with Gasteiger partial charge in [0.05, 0.1) is 6.54 Å². The van der Waals surface area contributed by atoms with E-state index in [4.69, 9.17) is 0 Å². The van der Waals surface area contributed by atoms with Gasteiger partial charge in [-0.05, 0) is 39.1 Å². The third-order valence-electron chi connectivity index (χ3n) is 2.98. The van der Waals surface area contributed by atoms with Crippen LogP contribution < -0.4 is 10.0 Å². The molecule has 2 rings (SSSR count). The number of aryl methyl sites for hydroxylation is 1. The van der Waals surface area contributed by atoms with Crippen LogP contribution in [0, 0.1) is 0 Å². The number of rotatable bonds is 8. The average Bonchev–Trinajstić information content (AvgIpc) is 3.12. The zero-order valence-corrected chi connectivity index (χ0v) is 13.7. The summed E-state index contributed by atoms with van der Waals surface area (Å²) in [4.78, 5) is 1.04. The number of hydrogen-bond donors (Lipinski definition) is 2. The number of nitrogens with zero attached hydrogens (tertiary/aromatic N) is 3. The van der Waals surface area contributed by atoms with E-state index in [9.17, 15) is 8.42 Å². The lowest BCUT2D eigenvalue weighted by molar-refractivity contribution is 0.577. The molecule has 21 heavy (non-hydrogen) atoms. The predicted molar refractivity (Wildman–Crippen MR) is 81.7 cm³/mol. The summed E-state index contributed by atoms with van der Waals surface area (Å²) in [5, 5.41) is 10.7. The van der Waals surface area contributed by atoms with Crippen LogP contribution in [0.1, 0.15) is 17.6 Å². The van der Waals surface area contributed by atoms with E-state index in [1.54, 1.807) is 17.0 Å². The molecule has 116 valence electrons. The van der Waals surface area contributed by atoms with E-state index < -0.39 is 10.0 Å². The van der Waals surface area contributed by atoms with Gasteiger partial charge in [0.1, 0.15) is 16.4 Å². The predicted octanol–water partition coefficient (Wildman–Crippen LogP) is 0.600. The molecule has 2 aromatic heterocycles. The van der Waals surface area contributed by atoms with Gasteiger partial charge < -0.3 is 9.88 Å². The molecule has 0 aliphatic heterocycles. The van der Waals surface area contributed by atoms with Crippen LogP contribution in [0.4, 0.5) is 0 Å². The summed E-state index contributed by atoms with van der Waals surface area (Å²) in [6, 6.07) is 3.49. The molecule has 2 heterocycles. The summed E-state index contributed by atoms with van der Waals surface area (Å²) >= 11 is 1.29. The highest BCUT2D eigenvalue weighted by Gasteiger charge is 2.17. The van der Waals surface area contributed by atoms with Crippen molar-refractivity contribution in [3.8, 4) is 0 Å². The van der Waals surface area contributed by atoms with Gasteiger partial charge in [-0.15, -0.1) is 21.5 Å². The van der Waals surface area contributed by atoms with Crippen LogP contribution in [0.15, 0.2) is 22.7 Å². The van der Waals surface area contributed by atoms with E-state index in [1.165, 1.54) is 11.3 Å². The maximum absolute atomic E-state index is 12.2. The average molecular weight is 329 g/mol. The second kappa shape index (κ2) is 7.12. The number of aromatic nitrogens is 3. The fourth-order valence-corrected chi connectivity index (χ4v) is 4.18. The van der Waals surface area contributed by atoms with Crippen molar-refractivity contribution in [2.24, 2.45) is 0 Å². The minimum absolute atomic E-state index is 0.139. The Morgan fingerprint density at radius 3 is 2.90 bits per heavy atom. The minimum atomic E-state index is -3.50. The third kappa shape index (κ3) is 4.10. The SMILES string of the molecule is CCn1cnnc1CNS(=O)(=O)c1ccc(CCNC)s1. The van der Waals surface area contributed by atoms with Crippen LogP contribution in [0.25, 0.3) is 0 Å². The molecule has 0 saturated heterocycles. The first-order valence-corrected chi connectivity index (χ1v) is 8.96. The number of hydrogen-bond acceptors (Lipinski definition) is 6. The molecular weight excluding hydrogens is 310 g/mol. The zero-order valence-electron chi connectivity index (χ0n) is 12.0. The zero-order chi connectivity index (χ0) is 15.3. The first kappa shape index (κ1) is 16.1. The van der Waals surface area contributed by atoms with Gasteiger partial charge in [0.2, 0.25) is 10.0 Å². The van der Waals surface area contributed by atoms with E-state index >= 15 is 0 Å². The van der Waals surface area contributed by atoms with Crippen molar-refractivity contribution in [3.63, 3.8) is 0 Å². The number of sulfonamides is 1. The molecule has 2 aromatic rings. The number of likely N-dealkylation sites (N-methyl/N-ethyl adjacent to an activating group) is 1. The highest BCUT2D eigenvalue weighted by atomic mass is 32.2. The van der Waals surface area contributed by atoms with Gasteiger partial charge in [0.15, 0.2) is 0 Å². The van der Waals surface area contributed by atoms with Gasteiger partial charge >= 0.3 is 0 Å². The number of nitrogens with one attached hydrogen (secondary N) is 2. The van der Waals surface area contributed by atoms with Gasteiger partial charge in [0.25, 0.3) is 0 Å². The monoisotopic (exact) mass is 329 g/mol. The van der Waals surface area contributed by atoms with Crippen molar-refractivity contribution in [2.45, 2.75) is 30.6 Å². The smallest absolute Gasteiger partial charge is 0.250 e. The summed E-state index contributed by atoms with van der Waals surface area (Å²) in [6.07, 6.45) is 2.41. The van der Waals surface area contributed by atoms with Crippen LogP contribution >= 0.6 is 11.3 Å². The molecule has 0 aromatic carbocycles. The lowest BCUT2D eigenvalue weighted by Crippen LogP contribution is -2.24. The van der Waals surface area contributed by atoms with Crippen molar-refractivity contribution in [3.05, 3.63) is 29.2 Å². The summed E-state index contributed by atoms with van der Waals surface area (Å²) in [7, 11) is -1.63. The van der Waals surface area contributed by atoms with E-state index in [1.807, 2.05) is 20.0 Å². The summed E-state index contributed by atoms with van der Waals surface area (Å²) in [6.45, 7) is 3.62. The Labute approximate surface area is 128 Å². The lowest BCUT2D eigenvalue weighted by atomic mass is 10.3. The van der Waals surface area contributed by atoms with Crippen LogP contribution in [-0.2, 0) is 29.5 Å². The second-order valence-corrected chi connectivity index (χ2v) is 7.59. The molecule has 0 unspecified atom stereocenters. The van der Waals surface area contributed by atoms with Crippen LogP contribution in [0.2, 0.25) is 0 Å². The molecule has 0 aliphatic carbocycles. The minimum Gasteiger partial charge on any atom is -0.319 e. The molecule has 0 spiro atoms. The van der Waals surface area contributed by atoms with Gasteiger partial charge in [-0.2, -0.15) is 0 Å². The fourth-order valence-electron chi connectivity index (χ4n) is 1.80. The highest BCUT2D eigenvalue weighted by molar-refractivity contribution is 7.91. The Bertz CT molecular complexity index is 677. The molecule has 0 aliphatic rings. The van der Waals surface area contributed by atoms with Crippen LogP contribution in [0.5, 0.6) is 0 Å². The topological polar surface area (TPSA) is 88.9 Å². The van der Waals surface area contributed by atoms with E-state index in [-0.39, 0.29) is 6.54 Å². The van der Waals surface area contributed by atoms with E-state index in [2.05, 4.69) is 20.2 Å². The molecule has 0 fully saturated rings. The molecular formula is C12H19N5O2S2. The molecule has 0 bridgehead atoms. The van der Waals surface area contributed by atoms with Crippen molar-refractivity contribution in [2.75, 3.05) is 13.6 Å². The van der Waals surface area contributed by atoms with E-state index in [0.717, 1.165) is 17.8 Å². The third-order valence-corrected chi connectivity index (χ3v) is 6.02. The quantitative estimate of drug-likeness (QED) is 0.740. The van der Waals surface area contributed by atoms with Crippen LogP contribution in [-0.4, -0.2) is 36.8 Å². The summed E-state index contributed by atoms with van der Waals surface area (Å²) < 4.78 is 29.2. The van der Waals surface area contributed by atoms with Gasteiger partial charge in [-0.1, -0.05) is 0 Å². The first-order valence-electron chi connectivity index (χ1n) is 6.66. The van der Waals surface area contributed by atoms with Crippen molar-refractivity contribution < 1.29 is 8.42 Å². The normalized spacial score (nSPS) is 11.9. The van der Waals surface area contributed by atoms with Crippen molar-refractivity contribution in [1.82, 2.24) is 24.8 Å². The molecule has 0 amide bonds. The van der Waals surface area contributed by atoms with Crippen molar-refractivity contribution >= 4 is 21.4 Å². The molecule has 9 heteroatoms. The van der Waals surface area contributed by atoms with Crippen molar-refractivity contribution in [1.29, 1.82) is 0 Å². The lowest BCUT2D eigenvalue weighted by Gasteiger charge is -2.05.